The monoisotopic (exact) mass is 138 g/mol. The van der Waals surface area contributed by atoms with Gasteiger partial charge in [-0.1, -0.05) is 0 Å². The Morgan fingerprint density at radius 1 is 1.56 bits per heavy atom. The number of carbonyl (C=O) groups is 1. The molecule has 0 atom stereocenters. The zero-order valence-electron chi connectivity index (χ0n) is 4.70. The maximum absolute atomic E-state index is 11.8. The number of carbonyl (C=O) groups excluding carboxylic acids is 1. The molecule has 0 radical (unpaired) electrons. The van der Waals surface area contributed by atoms with Crippen LogP contribution in [0, 0.1) is 0 Å². The molecule has 0 saturated carbocycles. The molecule has 0 amide bonds. The predicted octanol–water partition coefficient (Wildman–Crippen LogP) is 1.69. The molecule has 0 aliphatic rings. The van der Waals surface area contributed by atoms with Gasteiger partial charge in [-0.15, -0.1) is 0 Å². The van der Waals surface area contributed by atoms with Crippen LogP contribution in [0.1, 0.15) is 6.92 Å². The SMILES string of the molecule is CC(=O)/C(F)=C/C(F)F. The molecule has 0 aliphatic heterocycles. The molecule has 1 nitrogen and oxygen atoms in total. The standard InChI is InChI=1S/C5H5F3O/c1-3(9)4(6)2-5(7)8/h2,5H,1H3/b4-2-. The van der Waals surface area contributed by atoms with Crippen molar-refractivity contribution in [2.75, 3.05) is 0 Å². The third-order valence-corrected chi connectivity index (χ3v) is 0.609. The van der Waals surface area contributed by atoms with E-state index >= 15 is 0 Å². The molecule has 0 bridgehead atoms. The van der Waals surface area contributed by atoms with E-state index in [4.69, 9.17) is 0 Å². The molecular weight excluding hydrogens is 133 g/mol. The number of hydrogen-bond acceptors (Lipinski definition) is 1. The molecule has 52 valence electrons. The van der Waals surface area contributed by atoms with Gasteiger partial charge in [-0.2, -0.15) is 0 Å². The summed E-state index contributed by atoms with van der Waals surface area (Å²) in [7, 11) is 0. The fourth-order valence-electron chi connectivity index (χ4n) is 0.228. The van der Waals surface area contributed by atoms with Crippen molar-refractivity contribution in [2.24, 2.45) is 0 Å². The van der Waals surface area contributed by atoms with E-state index < -0.39 is 18.0 Å². The van der Waals surface area contributed by atoms with Gasteiger partial charge in [0.1, 0.15) is 0 Å². The third kappa shape index (κ3) is 3.76. The Balaban J connectivity index is 4.00. The van der Waals surface area contributed by atoms with Crippen molar-refractivity contribution in [3.8, 4) is 0 Å². The molecule has 0 N–H and O–H groups in total. The molecule has 0 spiro atoms. The molecule has 0 unspecified atom stereocenters. The topological polar surface area (TPSA) is 17.1 Å². The van der Waals surface area contributed by atoms with Gasteiger partial charge >= 0.3 is 0 Å². The quantitative estimate of drug-likeness (QED) is 0.530. The van der Waals surface area contributed by atoms with Crippen molar-refractivity contribution in [1.82, 2.24) is 0 Å². The second-order valence-electron chi connectivity index (χ2n) is 1.41. The Hall–Kier alpha value is -0.800. The summed E-state index contributed by atoms with van der Waals surface area (Å²) >= 11 is 0. The van der Waals surface area contributed by atoms with E-state index in [2.05, 4.69) is 0 Å². The summed E-state index contributed by atoms with van der Waals surface area (Å²) in [5, 5.41) is 0. The van der Waals surface area contributed by atoms with Crippen LogP contribution in [0.3, 0.4) is 0 Å². The van der Waals surface area contributed by atoms with Crippen LogP contribution in [0.2, 0.25) is 0 Å². The van der Waals surface area contributed by atoms with E-state index in [1.807, 2.05) is 0 Å². The first-order chi connectivity index (χ1) is 4.04. The number of Topliss-reactive ketones (excluding diaryl/α,β-unsaturated/α-hetero) is 1. The van der Waals surface area contributed by atoms with Crippen LogP contribution in [-0.2, 0) is 4.79 Å². The lowest BCUT2D eigenvalue weighted by Crippen LogP contribution is -1.93. The van der Waals surface area contributed by atoms with Crippen molar-refractivity contribution in [1.29, 1.82) is 0 Å². The van der Waals surface area contributed by atoms with Crippen LogP contribution < -0.4 is 0 Å². The fraction of sp³-hybridized carbons (Fsp3) is 0.400. The summed E-state index contributed by atoms with van der Waals surface area (Å²) in [4.78, 5) is 9.90. The van der Waals surface area contributed by atoms with Crippen molar-refractivity contribution in [3.05, 3.63) is 11.9 Å². The minimum Gasteiger partial charge on any atom is -0.292 e. The highest BCUT2D eigenvalue weighted by atomic mass is 19.3. The zero-order valence-corrected chi connectivity index (χ0v) is 4.70. The molecule has 0 aromatic rings. The lowest BCUT2D eigenvalue weighted by atomic mass is 10.3. The van der Waals surface area contributed by atoms with Gasteiger partial charge in [0, 0.05) is 13.0 Å². The Labute approximate surface area is 50.2 Å². The van der Waals surface area contributed by atoms with Gasteiger partial charge in [-0.25, -0.2) is 13.2 Å². The number of hydrogen-bond donors (Lipinski definition) is 0. The summed E-state index contributed by atoms with van der Waals surface area (Å²) in [6.07, 6.45) is -2.92. The molecule has 0 heterocycles. The highest BCUT2D eigenvalue weighted by Crippen LogP contribution is 2.03. The number of alkyl halides is 2. The van der Waals surface area contributed by atoms with Crippen LogP contribution in [-0.4, -0.2) is 12.2 Å². The van der Waals surface area contributed by atoms with Crippen LogP contribution in [0.25, 0.3) is 0 Å². The van der Waals surface area contributed by atoms with Crippen molar-refractivity contribution in [2.45, 2.75) is 13.3 Å². The van der Waals surface area contributed by atoms with Gasteiger partial charge in [0.2, 0.25) is 0 Å². The fourth-order valence-corrected chi connectivity index (χ4v) is 0.228. The molecule has 9 heavy (non-hydrogen) atoms. The molecule has 0 fully saturated rings. The van der Waals surface area contributed by atoms with Crippen LogP contribution in [0.15, 0.2) is 11.9 Å². The first kappa shape index (κ1) is 8.20. The number of rotatable bonds is 2. The molecule has 0 saturated heterocycles. The van der Waals surface area contributed by atoms with Crippen molar-refractivity contribution in [3.63, 3.8) is 0 Å². The molecular formula is C5H5F3O. The second kappa shape index (κ2) is 3.27. The minimum atomic E-state index is -2.89. The molecule has 0 aromatic carbocycles. The molecule has 0 aliphatic carbocycles. The van der Waals surface area contributed by atoms with E-state index in [-0.39, 0.29) is 6.08 Å². The van der Waals surface area contributed by atoms with Crippen LogP contribution in [0.5, 0.6) is 0 Å². The summed E-state index contributed by atoms with van der Waals surface area (Å²) in [6, 6.07) is 0. The van der Waals surface area contributed by atoms with E-state index in [1.54, 1.807) is 0 Å². The summed E-state index contributed by atoms with van der Waals surface area (Å²) < 4.78 is 34.2. The van der Waals surface area contributed by atoms with Crippen LogP contribution >= 0.6 is 0 Å². The van der Waals surface area contributed by atoms with E-state index in [0.29, 0.717) is 0 Å². The van der Waals surface area contributed by atoms with Gasteiger partial charge in [0.05, 0.1) is 0 Å². The summed E-state index contributed by atoms with van der Waals surface area (Å²) in [5.74, 6) is -2.36. The van der Waals surface area contributed by atoms with Gasteiger partial charge in [-0.05, 0) is 0 Å². The van der Waals surface area contributed by atoms with Gasteiger partial charge in [0.25, 0.3) is 6.43 Å². The smallest absolute Gasteiger partial charge is 0.260 e. The van der Waals surface area contributed by atoms with E-state index in [0.717, 1.165) is 6.92 Å². The summed E-state index contributed by atoms with van der Waals surface area (Å²) in [5.41, 5.74) is 0. The zero-order chi connectivity index (χ0) is 7.44. The lowest BCUT2D eigenvalue weighted by Gasteiger charge is -1.87. The van der Waals surface area contributed by atoms with Gasteiger partial charge in [0.15, 0.2) is 11.6 Å². The Morgan fingerprint density at radius 2 is 2.00 bits per heavy atom. The number of halogens is 3. The highest BCUT2D eigenvalue weighted by molar-refractivity contribution is 5.90. The Bertz CT molecular complexity index is 139. The average Bonchev–Trinajstić information content (AvgIpc) is 1.63. The maximum Gasteiger partial charge on any atom is 0.260 e. The minimum absolute atomic E-state index is 0.0255. The summed E-state index contributed by atoms with van der Waals surface area (Å²) in [6.45, 7) is 0.883. The average molecular weight is 138 g/mol. The van der Waals surface area contributed by atoms with Gasteiger partial charge in [-0.3, -0.25) is 4.79 Å². The first-order valence-electron chi connectivity index (χ1n) is 2.20. The van der Waals surface area contributed by atoms with Crippen LogP contribution in [0.4, 0.5) is 13.2 Å². The third-order valence-electron chi connectivity index (χ3n) is 0.609. The lowest BCUT2D eigenvalue weighted by molar-refractivity contribution is -0.115. The predicted molar refractivity (Wildman–Crippen MR) is 25.9 cm³/mol. The second-order valence-corrected chi connectivity index (χ2v) is 1.41. The normalized spacial score (nSPS) is 12.3. The first-order valence-corrected chi connectivity index (χ1v) is 2.20. The largest absolute Gasteiger partial charge is 0.292 e. The van der Waals surface area contributed by atoms with E-state index in [9.17, 15) is 18.0 Å². The van der Waals surface area contributed by atoms with E-state index in [1.165, 1.54) is 0 Å². The molecule has 4 heteroatoms. The van der Waals surface area contributed by atoms with Crippen molar-refractivity contribution < 1.29 is 18.0 Å². The highest BCUT2D eigenvalue weighted by Gasteiger charge is 2.05. The Morgan fingerprint density at radius 3 is 2.11 bits per heavy atom. The Kier molecular flexibility index (Phi) is 2.98. The van der Waals surface area contributed by atoms with Crippen molar-refractivity contribution >= 4 is 5.78 Å². The number of allylic oxidation sites excluding steroid dienone is 2. The maximum atomic E-state index is 11.8. The molecule has 0 rings (SSSR count). The number of ketones is 1. The molecule has 0 aromatic heterocycles. The van der Waals surface area contributed by atoms with Gasteiger partial charge < -0.3 is 0 Å².